The number of hydrogen-bond donors (Lipinski definition) is 0. The summed E-state index contributed by atoms with van der Waals surface area (Å²) in [5.41, 5.74) is 1.10. The van der Waals surface area contributed by atoms with Crippen molar-refractivity contribution in [2.75, 3.05) is 37.7 Å². The molecule has 5 heteroatoms. The Morgan fingerprint density at radius 1 is 1.31 bits per heavy atom. The molecule has 1 aliphatic heterocycles. The summed E-state index contributed by atoms with van der Waals surface area (Å²) in [6.07, 6.45) is 1.80. The van der Waals surface area contributed by atoms with Gasteiger partial charge in [-0.25, -0.2) is 16.5 Å². The van der Waals surface area contributed by atoms with E-state index in [2.05, 4.69) is 19.6 Å². The minimum atomic E-state index is 0.507. The number of pyridine rings is 1. The molecule has 16 heavy (non-hydrogen) atoms. The average Bonchev–Trinajstić information content (AvgIpc) is 2.32. The molecule has 0 atom stereocenters. The highest BCUT2D eigenvalue weighted by atomic mass is 35.5. The summed E-state index contributed by atoms with van der Waals surface area (Å²) in [4.78, 5) is 11.9. The van der Waals surface area contributed by atoms with Crippen LogP contribution in [0.2, 0.25) is 5.15 Å². The lowest BCUT2D eigenvalue weighted by atomic mass is 10.3. The second-order valence-corrected chi connectivity index (χ2v) is 4.13. The summed E-state index contributed by atoms with van der Waals surface area (Å²) in [7, 11) is 0. The molecular weight excluding hydrogens is 224 g/mol. The smallest absolute Gasteiger partial charge is 0.270 e. The molecule has 4 nitrogen and oxygen atoms in total. The van der Waals surface area contributed by atoms with Gasteiger partial charge in [0.2, 0.25) is 0 Å². The van der Waals surface area contributed by atoms with Crippen molar-refractivity contribution in [3.05, 3.63) is 34.9 Å². The molecule has 0 radical (unpaired) electrons. The third kappa shape index (κ3) is 2.63. The molecule has 0 amide bonds. The van der Waals surface area contributed by atoms with E-state index >= 15 is 0 Å². The average molecular weight is 237 g/mol. The van der Waals surface area contributed by atoms with Gasteiger partial charge in [0.1, 0.15) is 5.15 Å². The zero-order valence-corrected chi connectivity index (χ0v) is 9.69. The molecular formula is C11H13ClN4. The van der Waals surface area contributed by atoms with E-state index in [1.165, 1.54) is 0 Å². The van der Waals surface area contributed by atoms with Crippen molar-refractivity contribution >= 4 is 17.3 Å². The summed E-state index contributed by atoms with van der Waals surface area (Å²) in [6.45, 7) is 11.1. The van der Waals surface area contributed by atoms with Gasteiger partial charge in [-0.3, -0.25) is 4.85 Å². The first-order valence-corrected chi connectivity index (χ1v) is 5.59. The highest BCUT2D eigenvalue weighted by molar-refractivity contribution is 6.29. The predicted molar refractivity (Wildman–Crippen MR) is 64.5 cm³/mol. The molecule has 2 rings (SSSR count). The molecule has 1 fully saturated rings. The Morgan fingerprint density at radius 3 is 2.62 bits per heavy atom. The standard InChI is InChI=1S/C11H13ClN4/c1-13-9-15-4-6-16(7-5-15)10-2-3-11(12)14-8-10/h2-3,8H,4-7,9H2. The van der Waals surface area contributed by atoms with E-state index < -0.39 is 0 Å². The van der Waals surface area contributed by atoms with Crippen LogP contribution >= 0.6 is 11.6 Å². The summed E-state index contributed by atoms with van der Waals surface area (Å²) in [6, 6.07) is 3.79. The third-order valence-corrected chi connectivity index (χ3v) is 2.94. The van der Waals surface area contributed by atoms with Gasteiger partial charge in [0.25, 0.3) is 6.67 Å². The van der Waals surface area contributed by atoms with E-state index in [-0.39, 0.29) is 0 Å². The molecule has 0 spiro atoms. The lowest BCUT2D eigenvalue weighted by Crippen LogP contribution is -2.46. The first-order valence-electron chi connectivity index (χ1n) is 5.21. The van der Waals surface area contributed by atoms with E-state index in [1.807, 2.05) is 12.1 Å². The molecule has 0 N–H and O–H groups in total. The number of hydrogen-bond acceptors (Lipinski definition) is 3. The molecule has 0 bridgehead atoms. The molecule has 1 saturated heterocycles. The molecule has 0 aliphatic carbocycles. The van der Waals surface area contributed by atoms with Gasteiger partial charge in [0.15, 0.2) is 0 Å². The van der Waals surface area contributed by atoms with Gasteiger partial charge >= 0.3 is 0 Å². The van der Waals surface area contributed by atoms with Crippen LogP contribution in [-0.2, 0) is 0 Å². The molecule has 2 heterocycles. The Morgan fingerprint density at radius 2 is 2.06 bits per heavy atom. The Labute approximate surface area is 100 Å². The number of aromatic nitrogens is 1. The third-order valence-electron chi connectivity index (χ3n) is 2.72. The number of halogens is 1. The van der Waals surface area contributed by atoms with Crippen molar-refractivity contribution in [3.8, 4) is 0 Å². The Bertz CT molecular complexity index is 376. The molecule has 1 aromatic heterocycles. The fourth-order valence-corrected chi connectivity index (χ4v) is 1.91. The second-order valence-electron chi connectivity index (χ2n) is 3.74. The molecule has 84 valence electrons. The maximum atomic E-state index is 6.82. The van der Waals surface area contributed by atoms with Gasteiger partial charge in [-0.2, -0.15) is 0 Å². The molecule has 1 aliphatic rings. The van der Waals surface area contributed by atoms with E-state index in [9.17, 15) is 0 Å². The Balaban J connectivity index is 1.94. The lowest BCUT2D eigenvalue weighted by Gasteiger charge is -2.33. The van der Waals surface area contributed by atoms with E-state index in [4.69, 9.17) is 18.2 Å². The second kappa shape index (κ2) is 5.15. The van der Waals surface area contributed by atoms with Crippen LogP contribution in [0.25, 0.3) is 4.85 Å². The molecule has 0 unspecified atom stereocenters. The first-order chi connectivity index (χ1) is 7.79. The van der Waals surface area contributed by atoms with Gasteiger partial charge in [-0.1, -0.05) is 11.6 Å². The van der Waals surface area contributed by atoms with Crippen LogP contribution in [0.5, 0.6) is 0 Å². The van der Waals surface area contributed by atoms with Crippen molar-refractivity contribution < 1.29 is 0 Å². The van der Waals surface area contributed by atoms with E-state index in [0.29, 0.717) is 11.8 Å². The highest BCUT2D eigenvalue weighted by Crippen LogP contribution is 2.16. The summed E-state index contributed by atoms with van der Waals surface area (Å²) < 4.78 is 0. The van der Waals surface area contributed by atoms with Crippen LogP contribution < -0.4 is 4.90 Å². The molecule has 1 aromatic rings. The van der Waals surface area contributed by atoms with Crippen molar-refractivity contribution in [2.45, 2.75) is 0 Å². The quantitative estimate of drug-likeness (QED) is 0.577. The maximum Gasteiger partial charge on any atom is 0.270 e. The minimum absolute atomic E-state index is 0.507. The lowest BCUT2D eigenvalue weighted by molar-refractivity contribution is 0.283. The summed E-state index contributed by atoms with van der Waals surface area (Å²) in [5.74, 6) is 0. The normalized spacial score (nSPS) is 17.1. The topological polar surface area (TPSA) is 23.7 Å². The van der Waals surface area contributed by atoms with Gasteiger partial charge in [-0.15, -0.1) is 0 Å². The zero-order valence-electron chi connectivity index (χ0n) is 8.93. The van der Waals surface area contributed by atoms with Gasteiger partial charge in [0, 0.05) is 26.2 Å². The largest absolute Gasteiger partial charge is 0.368 e. The van der Waals surface area contributed by atoms with Crippen LogP contribution in [-0.4, -0.2) is 42.7 Å². The fraction of sp³-hybridized carbons (Fsp3) is 0.455. The number of rotatable bonds is 2. The summed E-state index contributed by atoms with van der Waals surface area (Å²) in [5, 5.41) is 0.524. The number of piperazine rings is 1. The van der Waals surface area contributed by atoms with Gasteiger partial charge in [-0.05, 0) is 12.1 Å². The van der Waals surface area contributed by atoms with Crippen LogP contribution in [0.3, 0.4) is 0 Å². The summed E-state index contributed by atoms with van der Waals surface area (Å²) >= 11 is 5.74. The van der Waals surface area contributed by atoms with E-state index in [0.717, 1.165) is 31.9 Å². The maximum absolute atomic E-state index is 6.82. The van der Waals surface area contributed by atoms with Crippen molar-refractivity contribution in [2.24, 2.45) is 0 Å². The van der Waals surface area contributed by atoms with Gasteiger partial charge < -0.3 is 4.90 Å². The van der Waals surface area contributed by atoms with E-state index in [1.54, 1.807) is 6.20 Å². The van der Waals surface area contributed by atoms with Crippen molar-refractivity contribution in [3.63, 3.8) is 0 Å². The van der Waals surface area contributed by atoms with Crippen LogP contribution in [0.4, 0.5) is 5.69 Å². The molecule has 0 saturated carbocycles. The Hall–Kier alpha value is -1.31. The van der Waals surface area contributed by atoms with Gasteiger partial charge in [0.05, 0.1) is 11.9 Å². The monoisotopic (exact) mass is 236 g/mol. The first kappa shape index (κ1) is 11.2. The van der Waals surface area contributed by atoms with Crippen LogP contribution in [0.1, 0.15) is 0 Å². The zero-order chi connectivity index (χ0) is 11.4. The fourth-order valence-electron chi connectivity index (χ4n) is 1.80. The van der Waals surface area contributed by atoms with Crippen molar-refractivity contribution in [1.29, 1.82) is 0 Å². The molecule has 0 aromatic carbocycles. The highest BCUT2D eigenvalue weighted by Gasteiger charge is 2.18. The van der Waals surface area contributed by atoms with Crippen LogP contribution in [0.15, 0.2) is 18.3 Å². The minimum Gasteiger partial charge on any atom is -0.368 e. The number of nitrogens with zero attached hydrogens (tertiary/aromatic N) is 4. The Kier molecular flexibility index (Phi) is 3.60. The SMILES string of the molecule is [C-]#[N+]CN1CCN(c2ccc(Cl)nc2)CC1. The van der Waals surface area contributed by atoms with Crippen molar-refractivity contribution in [1.82, 2.24) is 9.88 Å². The van der Waals surface area contributed by atoms with Crippen LogP contribution in [0, 0.1) is 6.57 Å². The predicted octanol–water partition coefficient (Wildman–Crippen LogP) is 1.73. The number of anilines is 1.